The van der Waals surface area contributed by atoms with Crippen LogP contribution in [0.15, 0.2) is 54.6 Å². The summed E-state index contributed by atoms with van der Waals surface area (Å²) >= 11 is 0. The highest BCUT2D eigenvalue weighted by Crippen LogP contribution is 2.18. The first-order chi connectivity index (χ1) is 9.72. The number of ether oxygens (including phenoxy) is 1. The molecule has 3 nitrogen and oxygen atoms in total. The van der Waals surface area contributed by atoms with Gasteiger partial charge in [-0.05, 0) is 18.6 Å². The van der Waals surface area contributed by atoms with Crippen LogP contribution in [0.5, 0.6) is 5.75 Å². The maximum absolute atomic E-state index is 6.28. The highest BCUT2D eigenvalue weighted by atomic mass is 16.5. The molecule has 2 aromatic rings. The van der Waals surface area contributed by atoms with Gasteiger partial charge in [-0.15, -0.1) is 0 Å². The van der Waals surface area contributed by atoms with Crippen LogP contribution in [0.1, 0.15) is 24.1 Å². The van der Waals surface area contributed by atoms with Gasteiger partial charge in [0.1, 0.15) is 5.75 Å². The van der Waals surface area contributed by atoms with Crippen molar-refractivity contribution in [2.45, 2.75) is 25.6 Å². The van der Waals surface area contributed by atoms with E-state index in [1.165, 1.54) is 0 Å². The molecule has 0 fully saturated rings. The molecule has 0 bridgehead atoms. The Kier molecular flexibility index (Phi) is 5.16. The average Bonchev–Trinajstić information content (AvgIpc) is 2.53. The van der Waals surface area contributed by atoms with Gasteiger partial charge in [-0.25, -0.2) is 0 Å². The Labute approximate surface area is 120 Å². The number of nitrogens with two attached hydrogens (primary N) is 1. The summed E-state index contributed by atoms with van der Waals surface area (Å²) in [5.41, 5.74) is 8.57. The lowest BCUT2D eigenvalue weighted by atomic mass is 10.0. The summed E-state index contributed by atoms with van der Waals surface area (Å²) in [6.45, 7) is 2.85. The molecule has 0 heterocycles. The Hall–Kier alpha value is -1.84. The summed E-state index contributed by atoms with van der Waals surface area (Å²) in [6.07, 6.45) is 0. The van der Waals surface area contributed by atoms with Crippen LogP contribution in [-0.2, 0) is 6.54 Å². The Morgan fingerprint density at radius 1 is 1.05 bits per heavy atom. The van der Waals surface area contributed by atoms with Crippen molar-refractivity contribution in [3.05, 3.63) is 65.7 Å². The number of hydrogen-bond acceptors (Lipinski definition) is 3. The highest BCUT2D eigenvalue weighted by molar-refractivity contribution is 5.33. The van der Waals surface area contributed by atoms with E-state index >= 15 is 0 Å². The Morgan fingerprint density at radius 3 is 2.40 bits per heavy atom. The molecule has 0 amide bonds. The molecule has 2 aromatic carbocycles. The molecular formula is C17H22N2O. The average molecular weight is 270 g/mol. The first-order valence-electron chi connectivity index (χ1n) is 6.88. The van der Waals surface area contributed by atoms with Gasteiger partial charge in [0, 0.05) is 24.2 Å². The summed E-state index contributed by atoms with van der Waals surface area (Å²) in [4.78, 5) is 0. The minimum atomic E-state index is -0.0223. The fraction of sp³-hybridized carbons (Fsp3) is 0.294. The molecule has 2 unspecified atom stereocenters. The monoisotopic (exact) mass is 270 g/mol. The lowest BCUT2D eigenvalue weighted by Gasteiger charge is -2.22. The van der Waals surface area contributed by atoms with Gasteiger partial charge >= 0.3 is 0 Å². The van der Waals surface area contributed by atoms with Gasteiger partial charge in [0.25, 0.3) is 0 Å². The molecule has 0 aromatic heterocycles. The molecule has 0 spiro atoms. The van der Waals surface area contributed by atoms with Gasteiger partial charge in [0.2, 0.25) is 0 Å². The second kappa shape index (κ2) is 7.08. The topological polar surface area (TPSA) is 47.3 Å². The van der Waals surface area contributed by atoms with E-state index in [-0.39, 0.29) is 12.1 Å². The maximum atomic E-state index is 6.28. The molecule has 3 heteroatoms. The first-order valence-corrected chi connectivity index (χ1v) is 6.88. The molecule has 0 saturated heterocycles. The van der Waals surface area contributed by atoms with Crippen LogP contribution in [0.25, 0.3) is 0 Å². The summed E-state index contributed by atoms with van der Waals surface area (Å²) in [5.74, 6) is 0.903. The third-order valence-electron chi connectivity index (χ3n) is 3.53. The lowest BCUT2D eigenvalue weighted by molar-refractivity contribution is 0.402. The summed E-state index contributed by atoms with van der Waals surface area (Å²) in [5, 5.41) is 3.47. The zero-order valence-corrected chi connectivity index (χ0v) is 12.0. The summed E-state index contributed by atoms with van der Waals surface area (Å²) < 4.78 is 5.35. The first kappa shape index (κ1) is 14.6. The number of methoxy groups -OCH3 is 1. The summed E-state index contributed by atoms with van der Waals surface area (Å²) in [6, 6.07) is 18.3. The van der Waals surface area contributed by atoms with Crippen molar-refractivity contribution >= 4 is 0 Å². The number of para-hydroxylation sites is 1. The van der Waals surface area contributed by atoms with E-state index in [4.69, 9.17) is 10.5 Å². The van der Waals surface area contributed by atoms with Crippen molar-refractivity contribution in [1.82, 2.24) is 5.32 Å². The third-order valence-corrected chi connectivity index (χ3v) is 3.53. The molecule has 0 saturated carbocycles. The van der Waals surface area contributed by atoms with E-state index in [2.05, 4.69) is 30.4 Å². The molecule has 2 atom stereocenters. The normalized spacial score (nSPS) is 13.8. The minimum absolute atomic E-state index is 0.0223. The van der Waals surface area contributed by atoms with Gasteiger partial charge in [-0.3, -0.25) is 0 Å². The molecule has 0 aliphatic rings. The van der Waals surface area contributed by atoms with Crippen molar-refractivity contribution in [1.29, 1.82) is 0 Å². The fourth-order valence-electron chi connectivity index (χ4n) is 2.21. The third kappa shape index (κ3) is 3.59. The Balaban J connectivity index is 1.97. The van der Waals surface area contributed by atoms with E-state index in [1.54, 1.807) is 7.11 Å². The summed E-state index contributed by atoms with van der Waals surface area (Å²) in [7, 11) is 1.69. The molecule has 0 aliphatic heterocycles. The van der Waals surface area contributed by atoms with Crippen molar-refractivity contribution in [2.75, 3.05) is 7.11 Å². The van der Waals surface area contributed by atoms with Crippen LogP contribution in [0.3, 0.4) is 0 Å². The van der Waals surface area contributed by atoms with Crippen LogP contribution < -0.4 is 15.8 Å². The largest absolute Gasteiger partial charge is 0.496 e. The number of nitrogens with one attached hydrogen (secondary N) is 1. The second-order valence-corrected chi connectivity index (χ2v) is 4.92. The zero-order chi connectivity index (χ0) is 14.4. The predicted molar refractivity (Wildman–Crippen MR) is 82.7 cm³/mol. The van der Waals surface area contributed by atoms with E-state index < -0.39 is 0 Å². The quantitative estimate of drug-likeness (QED) is 0.848. The molecular weight excluding hydrogens is 248 g/mol. The van der Waals surface area contributed by atoms with Crippen molar-refractivity contribution in [3.63, 3.8) is 0 Å². The minimum Gasteiger partial charge on any atom is -0.496 e. The predicted octanol–water partition coefficient (Wildman–Crippen LogP) is 2.87. The van der Waals surface area contributed by atoms with Gasteiger partial charge in [0.15, 0.2) is 0 Å². The van der Waals surface area contributed by atoms with Crippen LogP contribution in [-0.4, -0.2) is 13.2 Å². The van der Waals surface area contributed by atoms with Crippen LogP contribution >= 0.6 is 0 Å². The number of rotatable bonds is 6. The van der Waals surface area contributed by atoms with E-state index in [1.807, 2.05) is 36.4 Å². The second-order valence-electron chi connectivity index (χ2n) is 4.92. The van der Waals surface area contributed by atoms with Crippen LogP contribution in [0.2, 0.25) is 0 Å². The van der Waals surface area contributed by atoms with Gasteiger partial charge in [0.05, 0.1) is 7.11 Å². The van der Waals surface area contributed by atoms with E-state index in [0.29, 0.717) is 0 Å². The molecule has 2 rings (SSSR count). The fourth-order valence-corrected chi connectivity index (χ4v) is 2.21. The van der Waals surface area contributed by atoms with Crippen molar-refractivity contribution in [2.24, 2.45) is 5.73 Å². The number of hydrogen-bond donors (Lipinski definition) is 2. The van der Waals surface area contributed by atoms with E-state index in [9.17, 15) is 0 Å². The zero-order valence-electron chi connectivity index (χ0n) is 12.0. The molecule has 0 aliphatic carbocycles. The molecule has 106 valence electrons. The SMILES string of the molecule is COc1ccccc1CNC(C)C(N)c1ccccc1. The lowest BCUT2D eigenvalue weighted by Crippen LogP contribution is -2.36. The van der Waals surface area contributed by atoms with Gasteiger partial charge < -0.3 is 15.8 Å². The standard InChI is InChI=1S/C17H22N2O/c1-13(17(18)14-8-4-3-5-9-14)19-12-15-10-6-7-11-16(15)20-2/h3-11,13,17,19H,12,18H2,1-2H3. The smallest absolute Gasteiger partial charge is 0.123 e. The van der Waals surface area contributed by atoms with Gasteiger partial charge in [-0.2, -0.15) is 0 Å². The van der Waals surface area contributed by atoms with E-state index in [0.717, 1.165) is 23.4 Å². The van der Waals surface area contributed by atoms with Crippen molar-refractivity contribution in [3.8, 4) is 5.75 Å². The Bertz CT molecular complexity index is 528. The molecule has 3 N–H and O–H groups in total. The molecule has 20 heavy (non-hydrogen) atoms. The Morgan fingerprint density at radius 2 is 1.70 bits per heavy atom. The van der Waals surface area contributed by atoms with Crippen LogP contribution in [0.4, 0.5) is 0 Å². The number of benzene rings is 2. The maximum Gasteiger partial charge on any atom is 0.123 e. The van der Waals surface area contributed by atoms with Crippen LogP contribution in [0, 0.1) is 0 Å². The van der Waals surface area contributed by atoms with Crippen molar-refractivity contribution < 1.29 is 4.74 Å². The highest BCUT2D eigenvalue weighted by Gasteiger charge is 2.14. The van der Waals surface area contributed by atoms with Gasteiger partial charge in [-0.1, -0.05) is 48.5 Å². The molecule has 0 radical (unpaired) electrons.